The highest BCUT2D eigenvalue weighted by molar-refractivity contribution is 7.89. The van der Waals surface area contributed by atoms with Crippen LogP contribution in [0.5, 0.6) is 0 Å². The van der Waals surface area contributed by atoms with Gasteiger partial charge in [-0.05, 0) is 18.1 Å². The second kappa shape index (κ2) is 9.00. The zero-order valence-corrected chi connectivity index (χ0v) is 15.6. The van der Waals surface area contributed by atoms with Crippen LogP contribution in [0.25, 0.3) is 0 Å². The number of sulfonamides is 1. The molecule has 0 bridgehead atoms. The van der Waals surface area contributed by atoms with E-state index in [9.17, 15) is 23.6 Å². The van der Waals surface area contributed by atoms with Crippen molar-refractivity contribution in [2.75, 3.05) is 19.8 Å². The molecular weight excluding hydrogens is 374 g/mol. The first-order valence-corrected chi connectivity index (χ1v) is 9.67. The summed E-state index contributed by atoms with van der Waals surface area (Å²) in [5.41, 5.74) is 0.638. The molecule has 27 heavy (non-hydrogen) atoms. The molecule has 1 unspecified atom stereocenters. The molecule has 1 atom stereocenters. The smallest absolute Gasteiger partial charge is 0.289 e. The zero-order valence-electron chi connectivity index (χ0n) is 14.8. The number of hydroxylamine groups is 1. The normalized spacial score (nSPS) is 17.4. The number of hydrogen-bond acceptors (Lipinski definition) is 7. The van der Waals surface area contributed by atoms with Crippen LogP contribution in [0.1, 0.15) is 13.3 Å². The van der Waals surface area contributed by atoms with Gasteiger partial charge < -0.3 is 5.11 Å². The molecular formula is C17H21N3O6S. The van der Waals surface area contributed by atoms with Crippen molar-refractivity contribution in [2.24, 2.45) is 4.99 Å². The number of para-hydroxylation sites is 1. The second-order valence-corrected chi connectivity index (χ2v) is 7.38. The highest BCUT2D eigenvalue weighted by Gasteiger charge is 2.37. The fourth-order valence-corrected chi connectivity index (χ4v) is 4.21. The van der Waals surface area contributed by atoms with Crippen LogP contribution in [0.4, 0.5) is 5.69 Å². The minimum atomic E-state index is -4.36. The van der Waals surface area contributed by atoms with Crippen LogP contribution in [-0.2, 0) is 14.9 Å². The minimum Gasteiger partial charge on any atom is -0.390 e. The molecule has 0 saturated carbocycles. The van der Waals surface area contributed by atoms with E-state index in [0.29, 0.717) is 17.7 Å². The Morgan fingerprint density at radius 1 is 1.48 bits per heavy atom. The van der Waals surface area contributed by atoms with Gasteiger partial charge in [0, 0.05) is 6.07 Å². The van der Waals surface area contributed by atoms with E-state index in [0.717, 1.165) is 16.6 Å². The Labute approximate surface area is 157 Å². The molecule has 0 aliphatic carbocycles. The fourth-order valence-electron chi connectivity index (χ4n) is 2.68. The predicted octanol–water partition coefficient (Wildman–Crippen LogP) is 1.85. The lowest BCUT2D eigenvalue weighted by molar-refractivity contribution is -0.387. The first-order chi connectivity index (χ1) is 12.9. The maximum absolute atomic E-state index is 13.1. The lowest BCUT2D eigenvalue weighted by Crippen LogP contribution is -2.43. The Morgan fingerprint density at radius 3 is 2.78 bits per heavy atom. The number of nitro groups is 1. The lowest BCUT2D eigenvalue weighted by atomic mass is 10.0. The third-order valence-corrected chi connectivity index (χ3v) is 5.68. The van der Waals surface area contributed by atoms with E-state index in [1.807, 2.05) is 6.92 Å². The van der Waals surface area contributed by atoms with Crippen molar-refractivity contribution in [2.45, 2.75) is 24.3 Å². The molecule has 0 saturated heterocycles. The number of aliphatic hydroxyl groups excluding tert-OH is 1. The topological polar surface area (TPSA) is 122 Å². The molecule has 9 nitrogen and oxygen atoms in total. The van der Waals surface area contributed by atoms with Gasteiger partial charge in [0.2, 0.25) is 0 Å². The maximum atomic E-state index is 13.1. The van der Waals surface area contributed by atoms with Gasteiger partial charge in [-0.25, -0.2) is 8.42 Å². The molecule has 0 radical (unpaired) electrons. The number of rotatable bonds is 9. The van der Waals surface area contributed by atoms with E-state index in [-0.39, 0.29) is 19.8 Å². The largest absolute Gasteiger partial charge is 0.390 e. The number of nitro benzene ring substituents is 1. The van der Waals surface area contributed by atoms with Crippen molar-refractivity contribution in [3.05, 3.63) is 58.7 Å². The molecule has 10 heteroatoms. The third kappa shape index (κ3) is 4.48. The summed E-state index contributed by atoms with van der Waals surface area (Å²) in [7, 11) is -4.36. The lowest BCUT2D eigenvalue weighted by Gasteiger charge is -2.29. The Morgan fingerprint density at radius 2 is 2.19 bits per heavy atom. The molecule has 1 aromatic carbocycles. The second-order valence-electron chi connectivity index (χ2n) is 5.63. The molecule has 1 N–H and O–H groups in total. The van der Waals surface area contributed by atoms with Gasteiger partial charge in [-0.3, -0.25) is 19.9 Å². The molecule has 0 aromatic heterocycles. The summed E-state index contributed by atoms with van der Waals surface area (Å²) < 4.78 is 27.0. The van der Waals surface area contributed by atoms with Crippen molar-refractivity contribution >= 4 is 21.4 Å². The highest BCUT2D eigenvalue weighted by Crippen LogP contribution is 2.29. The molecule has 1 aliphatic rings. The molecule has 1 heterocycles. The number of nitrogens with zero attached hydrogens (tertiary/aromatic N) is 3. The Hall–Kier alpha value is -2.40. The van der Waals surface area contributed by atoms with Crippen LogP contribution in [0.3, 0.4) is 0 Å². The van der Waals surface area contributed by atoms with E-state index in [4.69, 9.17) is 4.84 Å². The van der Waals surface area contributed by atoms with E-state index < -0.39 is 31.6 Å². The Balaban J connectivity index is 2.51. The van der Waals surface area contributed by atoms with Crippen LogP contribution in [0.15, 0.2) is 58.5 Å². The van der Waals surface area contributed by atoms with Crippen molar-refractivity contribution < 1.29 is 23.3 Å². The van der Waals surface area contributed by atoms with Crippen LogP contribution in [0, 0.1) is 10.1 Å². The molecule has 0 spiro atoms. The number of hydrogen-bond donors (Lipinski definition) is 1. The summed E-state index contributed by atoms with van der Waals surface area (Å²) in [5, 5.41) is 20.6. The summed E-state index contributed by atoms with van der Waals surface area (Å²) >= 11 is 0. The number of dihydropyridines is 1. The first-order valence-electron chi connectivity index (χ1n) is 8.23. The minimum absolute atomic E-state index is 0.0242. The summed E-state index contributed by atoms with van der Waals surface area (Å²) in [6.45, 7) is 5.02. The van der Waals surface area contributed by atoms with E-state index in [1.165, 1.54) is 18.2 Å². The SMILES string of the molecule is C=CCON(C1C=C(CC)C(CO)=NC1)S(=O)(=O)c1ccccc1[N+](=O)[O-]. The van der Waals surface area contributed by atoms with E-state index >= 15 is 0 Å². The maximum Gasteiger partial charge on any atom is 0.289 e. The molecule has 1 aliphatic heterocycles. The van der Waals surface area contributed by atoms with Gasteiger partial charge >= 0.3 is 0 Å². The van der Waals surface area contributed by atoms with Gasteiger partial charge in [-0.2, -0.15) is 0 Å². The van der Waals surface area contributed by atoms with Gasteiger partial charge in [-0.15, -0.1) is 6.58 Å². The van der Waals surface area contributed by atoms with Crippen molar-refractivity contribution in [1.29, 1.82) is 0 Å². The fraction of sp³-hybridized carbons (Fsp3) is 0.353. The monoisotopic (exact) mass is 395 g/mol. The van der Waals surface area contributed by atoms with Crippen molar-refractivity contribution in [3.8, 4) is 0 Å². The number of aliphatic imine (C=N–C) groups is 1. The average molecular weight is 395 g/mol. The van der Waals surface area contributed by atoms with Crippen molar-refractivity contribution in [3.63, 3.8) is 0 Å². The van der Waals surface area contributed by atoms with Gasteiger partial charge in [-0.1, -0.05) is 35.7 Å². The molecule has 0 fully saturated rings. The molecule has 1 aromatic rings. The summed E-state index contributed by atoms with van der Waals surface area (Å²) in [5.74, 6) is 0. The highest BCUT2D eigenvalue weighted by atomic mass is 32.2. The Kier molecular flexibility index (Phi) is 6.97. The number of aliphatic hydroxyl groups is 1. The van der Waals surface area contributed by atoms with E-state index in [1.54, 1.807) is 6.08 Å². The summed E-state index contributed by atoms with van der Waals surface area (Å²) in [6, 6.07) is 4.27. The van der Waals surface area contributed by atoms with Crippen molar-refractivity contribution in [1.82, 2.24) is 4.47 Å². The summed E-state index contributed by atoms with van der Waals surface area (Å²) in [6.07, 6.45) is 3.56. The van der Waals surface area contributed by atoms with Crippen LogP contribution in [0.2, 0.25) is 0 Å². The van der Waals surface area contributed by atoms with Crippen LogP contribution in [-0.4, -0.2) is 54.4 Å². The Bertz CT molecular complexity index is 878. The molecule has 0 amide bonds. The van der Waals surface area contributed by atoms with Crippen LogP contribution >= 0.6 is 0 Å². The average Bonchev–Trinajstić information content (AvgIpc) is 2.67. The standard InChI is InChI=1S/C17H21N3O6S/c1-3-9-26-20(14-10-13(4-2)15(12-21)18-11-14)27(24,25)17-8-6-5-7-16(17)19(22)23/h3,5-8,10,14,21H,1,4,9,11-12H2,2H3. The number of benzene rings is 1. The third-order valence-electron chi connectivity index (χ3n) is 3.93. The first kappa shape index (κ1) is 20.9. The summed E-state index contributed by atoms with van der Waals surface area (Å²) in [4.78, 5) is 19.6. The predicted molar refractivity (Wildman–Crippen MR) is 99.8 cm³/mol. The van der Waals surface area contributed by atoms with Crippen LogP contribution < -0.4 is 0 Å². The van der Waals surface area contributed by atoms with E-state index in [2.05, 4.69) is 11.6 Å². The molecule has 146 valence electrons. The van der Waals surface area contributed by atoms with Gasteiger partial charge in [0.1, 0.15) is 0 Å². The molecule has 2 rings (SSSR count). The zero-order chi connectivity index (χ0) is 20.0. The van der Waals surface area contributed by atoms with Gasteiger partial charge in [0.15, 0.2) is 4.90 Å². The van der Waals surface area contributed by atoms with Gasteiger partial charge in [0.05, 0.1) is 36.4 Å². The van der Waals surface area contributed by atoms with Gasteiger partial charge in [0.25, 0.3) is 15.7 Å². The quantitative estimate of drug-likeness (QED) is 0.387.